The second-order valence-corrected chi connectivity index (χ2v) is 6.93. The molecule has 2 aliphatic rings. The summed E-state index contributed by atoms with van der Waals surface area (Å²) in [6, 6.07) is 9.15. The maximum atomic E-state index is 12.5. The van der Waals surface area contributed by atoms with Gasteiger partial charge in [0.05, 0.1) is 18.2 Å². The summed E-state index contributed by atoms with van der Waals surface area (Å²) < 4.78 is 0. The Morgan fingerprint density at radius 1 is 1.19 bits per heavy atom. The summed E-state index contributed by atoms with van der Waals surface area (Å²) in [6.45, 7) is 4.51. The number of nitrogens with one attached hydrogen (secondary N) is 1. The molecule has 0 aromatic heterocycles. The fourth-order valence-electron chi connectivity index (χ4n) is 3.47. The van der Waals surface area contributed by atoms with Gasteiger partial charge in [0.25, 0.3) is 5.91 Å². The Hall–Kier alpha value is -1.68. The second kappa shape index (κ2) is 5.26. The average Bonchev–Trinajstić information content (AvgIpc) is 2.91. The topological polar surface area (TPSA) is 49.4 Å². The van der Waals surface area contributed by atoms with Crippen molar-refractivity contribution in [2.45, 2.75) is 51.6 Å². The van der Waals surface area contributed by atoms with Crippen molar-refractivity contribution in [3.63, 3.8) is 0 Å². The molecule has 1 aromatic carbocycles. The molecule has 2 unspecified atom stereocenters. The van der Waals surface area contributed by atoms with Crippen LogP contribution >= 0.6 is 0 Å². The number of imide groups is 1. The Morgan fingerprint density at radius 2 is 1.90 bits per heavy atom. The molecule has 21 heavy (non-hydrogen) atoms. The highest BCUT2D eigenvalue weighted by molar-refractivity contribution is 6.22. The van der Waals surface area contributed by atoms with Gasteiger partial charge in [-0.25, -0.2) is 4.90 Å². The predicted octanol–water partition coefficient (Wildman–Crippen LogP) is 2.49. The van der Waals surface area contributed by atoms with Gasteiger partial charge in [-0.1, -0.05) is 32.0 Å². The lowest BCUT2D eigenvalue weighted by atomic mass is 9.92. The monoisotopic (exact) mass is 286 g/mol. The summed E-state index contributed by atoms with van der Waals surface area (Å²) in [5, 5.41) is 3.40. The van der Waals surface area contributed by atoms with Gasteiger partial charge in [-0.3, -0.25) is 9.59 Å². The van der Waals surface area contributed by atoms with E-state index in [0.29, 0.717) is 17.1 Å². The lowest BCUT2D eigenvalue weighted by Gasteiger charge is -2.20. The van der Waals surface area contributed by atoms with Crippen LogP contribution in [-0.2, 0) is 9.59 Å². The van der Waals surface area contributed by atoms with E-state index in [1.54, 1.807) is 12.1 Å². The van der Waals surface area contributed by atoms with E-state index in [1.807, 2.05) is 18.2 Å². The Balaban J connectivity index is 1.70. The fourth-order valence-corrected chi connectivity index (χ4v) is 3.47. The molecule has 1 heterocycles. The molecule has 1 aliphatic carbocycles. The third-order valence-corrected chi connectivity index (χ3v) is 4.57. The Morgan fingerprint density at radius 3 is 2.52 bits per heavy atom. The van der Waals surface area contributed by atoms with Gasteiger partial charge in [-0.15, -0.1) is 0 Å². The van der Waals surface area contributed by atoms with Crippen LogP contribution in [0.3, 0.4) is 0 Å². The van der Waals surface area contributed by atoms with E-state index >= 15 is 0 Å². The molecule has 3 rings (SSSR count). The summed E-state index contributed by atoms with van der Waals surface area (Å²) >= 11 is 0. The van der Waals surface area contributed by atoms with Crippen LogP contribution in [0.2, 0.25) is 0 Å². The third kappa shape index (κ3) is 2.86. The highest BCUT2D eigenvalue weighted by atomic mass is 16.2. The van der Waals surface area contributed by atoms with Crippen LogP contribution in [0.25, 0.3) is 0 Å². The number of rotatable bonds is 3. The molecule has 1 aromatic rings. The van der Waals surface area contributed by atoms with Gasteiger partial charge in [0, 0.05) is 6.04 Å². The van der Waals surface area contributed by atoms with Gasteiger partial charge in [0.1, 0.15) is 0 Å². The number of hydrogen-bond donors (Lipinski definition) is 1. The van der Waals surface area contributed by atoms with E-state index in [2.05, 4.69) is 19.2 Å². The molecule has 4 nitrogen and oxygen atoms in total. The van der Waals surface area contributed by atoms with Crippen molar-refractivity contribution in [1.82, 2.24) is 5.32 Å². The summed E-state index contributed by atoms with van der Waals surface area (Å²) in [5.41, 5.74) is 1.01. The van der Waals surface area contributed by atoms with Crippen LogP contribution in [0.15, 0.2) is 30.3 Å². The molecule has 0 spiro atoms. The molecule has 1 saturated heterocycles. The van der Waals surface area contributed by atoms with Crippen LogP contribution in [-0.4, -0.2) is 23.9 Å². The predicted molar refractivity (Wildman–Crippen MR) is 81.9 cm³/mol. The highest BCUT2D eigenvalue weighted by Crippen LogP contribution is 2.37. The number of amides is 2. The van der Waals surface area contributed by atoms with Crippen molar-refractivity contribution in [2.75, 3.05) is 4.90 Å². The van der Waals surface area contributed by atoms with E-state index in [-0.39, 0.29) is 24.3 Å². The number of para-hydroxylation sites is 1. The number of carbonyl (C=O) groups is 2. The molecule has 4 heteroatoms. The molecule has 1 aliphatic heterocycles. The van der Waals surface area contributed by atoms with Gasteiger partial charge in [-0.2, -0.15) is 0 Å². The van der Waals surface area contributed by atoms with Crippen molar-refractivity contribution in [1.29, 1.82) is 0 Å². The third-order valence-electron chi connectivity index (χ3n) is 4.57. The first kappa shape index (κ1) is 14.3. The molecule has 112 valence electrons. The largest absolute Gasteiger partial charge is 0.303 e. The first-order chi connectivity index (χ1) is 9.96. The SMILES string of the molecule is CC1(C)CCC(NC2CC(=O)N(c3ccccc3)C2=O)C1. The van der Waals surface area contributed by atoms with E-state index in [4.69, 9.17) is 0 Å². The zero-order valence-electron chi connectivity index (χ0n) is 12.6. The van der Waals surface area contributed by atoms with Crippen molar-refractivity contribution in [3.8, 4) is 0 Å². The minimum absolute atomic E-state index is 0.110. The fraction of sp³-hybridized carbons (Fsp3) is 0.529. The van der Waals surface area contributed by atoms with Crippen molar-refractivity contribution in [3.05, 3.63) is 30.3 Å². The second-order valence-electron chi connectivity index (χ2n) is 6.93. The van der Waals surface area contributed by atoms with Gasteiger partial charge < -0.3 is 5.32 Å². The summed E-state index contributed by atoms with van der Waals surface area (Å²) in [7, 11) is 0. The zero-order chi connectivity index (χ0) is 15.0. The maximum absolute atomic E-state index is 12.5. The lowest BCUT2D eigenvalue weighted by Crippen LogP contribution is -2.43. The molecule has 2 atom stereocenters. The molecular weight excluding hydrogens is 264 g/mol. The maximum Gasteiger partial charge on any atom is 0.251 e. The number of anilines is 1. The Kier molecular flexibility index (Phi) is 3.57. The first-order valence-corrected chi connectivity index (χ1v) is 7.64. The van der Waals surface area contributed by atoms with E-state index in [1.165, 1.54) is 11.3 Å². The molecule has 0 bridgehead atoms. The van der Waals surface area contributed by atoms with E-state index < -0.39 is 0 Å². The lowest BCUT2D eigenvalue weighted by molar-refractivity contribution is -0.121. The number of hydrogen-bond acceptors (Lipinski definition) is 3. The number of carbonyl (C=O) groups excluding carboxylic acids is 2. The molecule has 1 saturated carbocycles. The van der Waals surface area contributed by atoms with Crippen LogP contribution < -0.4 is 10.2 Å². The van der Waals surface area contributed by atoms with Crippen LogP contribution in [0, 0.1) is 5.41 Å². The molecule has 1 N–H and O–H groups in total. The summed E-state index contributed by atoms with van der Waals surface area (Å²) in [5.74, 6) is -0.225. The molecule has 0 radical (unpaired) electrons. The minimum atomic E-state index is -0.364. The molecule has 2 amide bonds. The quantitative estimate of drug-likeness (QED) is 0.869. The van der Waals surface area contributed by atoms with Crippen molar-refractivity contribution >= 4 is 17.5 Å². The number of benzene rings is 1. The Labute approximate surface area is 125 Å². The van der Waals surface area contributed by atoms with Crippen LogP contribution in [0.5, 0.6) is 0 Å². The van der Waals surface area contributed by atoms with Gasteiger partial charge >= 0.3 is 0 Å². The minimum Gasteiger partial charge on any atom is -0.303 e. The van der Waals surface area contributed by atoms with Crippen molar-refractivity contribution < 1.29 is 9.59 Å². The number of nitrogens with zero attached hydrogens (tertiary/aromatic N) is 1. The highest BCUT2D eigenvalue weighted by Gasteiger charge is 2.42. The summed E-state index contributed by atoms with van der Waals surface area (Å²) in [6.07, 6.45) is 3.58. The first-order valence-electron chi connectivity index (χ1n) is 7.64. The van der Waals surface area contributed by atoms with E-state index in [9.17, 15) is 9.59 Å². The standard InChI is InChI=1S/C17H22N2O2/c1-17(2)9-8-12(11-17)18-14-10-15(20)19(16(14)21)13-6-4-3-5-7-13/h3-7,12,14,18H,8-11H2,1-2H3. The van der Waals surface area contributed by atoms with Gasteiger partial charge in [0.15, 0.2) is 0 Å². The van der Waals surface area contributed by atoms with E-state index in [0.717, 1.165) is 12.8 Å². The van der Waals surface area contributed by atoms with Gasteiger partial charge in [-0.05, 0) is 36.8 Å². The summed E-state index contributed by atoms with van der Waals surface area (Å²) in [4.78, 5) is 26.0. The normalized spacial score (nSPS) is 28.4. The zero-order valence-corrected chi connectivity index (χ0v) is 12.6. The smallest absolute Gasteiger partial charge is 0.251 e. The Bertz CT molecular complexity index is 553. The van der Waals surface area contributed by atoms with Crippen molar-refractivity contribution in [2.24, 2.45) is 5.41 Å². The van der Waals surface area contributed by atoms with Crippen LogP contribution in [0.4, 0.5) is 5.69 Å². The van der Waals surface area contributed by atoms with Gasteiger partial charge in [0.2, 0.25) is 5.91 Å². The molecule has 2 fully saturated rings. The average molecular weight is 286 g/mol. The van der Waals surface area contributed by atoms with Crippen LogP contribution in [0.1, 0.15) is 39.5 Å². The molecular formula is C17H22N2O2.